The molecule has 0 saturated carbocycles. The largest absolute Gasteiger partial charge is 0.434 e. The molecule has 7 heteroatoms. The summed E-state index contributed by atoms with van der Waals surface area (Å²) in [6, 6.07) is 6.49. The molecule has 0 saturated heterocycles. The zero-order chi connectivity index (χ0) is 15.2. The van der Waals surface area contributed by atoms with Gasteiger partial charge in [0, 0.05) is 12.7 Å². The van der Waals surface area contributed by atoms with Gasteiger partial charge in [0.2, 0.25) is 0 Å². The quantitative estimate of drug-likeness (QED) is 0.733. The van der Waals surface area contributed by atoms with Gasteiger partial charge in [0.15, 0.2) is 5.82 Å². The number of rotatable bonds is 6. The summed E-state index contributed by atoms with van der Waals surface area (Å²) in [6.07, 6.45) is 2.61. The fraction of sp³-hybridized carbons (Fsp3) is 0.286. The van der Waals surface area contributed by atoms with Crippen molar-refractivity contribution in [1.29, 1.82) is 0 Å². The second kappa shape index (κ2) is 7.48. The predicted octanol–water partition coefficient (Wildman–Crippen LogP) is 4.17. The van der Waals surface area contributed by atoms with Gasteiger partial charge < -0.3 is 10.1 Å². The lowest BCUT2D eigenvalue weighted by atomic mass is 10.2. The van der Waals surface area contributed by atoms with Gasteiger partial charge in [-0.15, -0.1) is 0 Å². The predicted molar refractivity (Wildman–Crippen MR) is 85.6 cm³/mol. The molecule has 0 bridgehead atoms. The molecule has 0 aliphatic heterocycles. The molecule has 1 heterocycles. The van der Waals surface area contributed by atoms with Crippen molar-refractivity contribution < 1.29 is 13.5 Å². The van der Waals surface area contributed by atoms with Crippen LogP contribution in [0.15, 0.2) is 30.5 Å². The number of nitrogens with one attached hydrogen (secondary N) is 1. The third-order valence-corrected chi connectivity index (χ3v) is 3.42. The Morgan fingerprint density at radius 2 is 2.10 bits per heavy atom. The third-order valence-electron chi connectivity index (χ3n) is 2.63. The number of nitrogens with zero attached hydrogens (tertiary/aromatic N) is 2. The maximum Gasteiger partial charge on any atom is 0.387 e. The lowest BCUT2D eigenvalue weighted by Crippen LogP contribution is -2.07. The monoisotopic (exact) mass is 405 g/mol. The van der Waals surface area contributed by atoms with E-state index in [4.69, 9.17) is 0 Å². The van der Waals surface area contributed by atoms with Gasteiger partial charge >= 0.3 is 6.61 Å². The molecule has 21 heavy (non-hydrogen) atoms. The number of aromatic nitrogens is 2. The Morgan fingerprint density at radius 3 is 2.81 bits per heavy atom. The Hall–Kier alpha value is -1.51. The fourth-order valence-electron chi connectivity index (χ4n) is 1.71. The number of ether oxygens (including phenoxy) is 1. The number of para-hydroxylation sites is 1. The lowest BCUT2D eigenvalue weighted by molar-refractivity contribution is -0.0494. The highest BCUT2D eigenvalue weighted by atomic mass is 127. The Bertz CT molecular complexity index is 611. The number of hydrogen-bond acceptors (Lipinski definition) is 4. The highest BCUT2D eigenvalue weighted by molar-refractivity contribution is 14.1. The Kier molecular flexibility index (Phi) is 5.66. The van der Waals surface area contributed by atoms with Gasteiger partial charge in [0.25, 0.3) is 0 Å². The van der Waals surface area contributed by atoms with E-state index in [1.54, 1.807) is 24.4 Å². The van der Waals surface area contributed by atoms with Crippen molar-refractivity contribution in [2.24, 2.45) is 0 Å². The Labute approximate surface area is 135 Å². The Morgan fingerprint density at radius 1 is 1.33 bits per heavy atom. The number of hydrogen-bond donors (Lipinski definition) is 1. The van der Waals surface area contributed by atoms with E-state index >= 15 is 0 Å². The summed E-state index contributed by atoms with van der Waals surface area (Å²) in [4.78, 5) is 8.60. The van der Waals surface area contributed by atoms with Crippen LogP contribution in [0.4, 0.5) is 14.6 Å². The number of halogens is 3. The average molecular weight is 405 g/mol. The van der Waals surface area contributed by atoms with Crippen LogP contribution in [0.25, 0.3) is 11.4 Å². The molecule has 0 fully saturated rings. The first kappa shape index (κ1) is 15.9. The second-order valence-corrected chi connectivity index (χ2v) is 5.35. The van der Waals surface area contributed by atoms with Crippen LogP contribution in [0.5, 0.6) is 5.75 Å². The minimum absolute atomic E-state index is 0.0650. The zero-order valence-electron chi connectivity index (χ0n) is 11.3. The van der Waals surface area contributed by atoms with Crippen LogP contribution in [-0.2, 0) is 0 Å². The SMILES string of the molecule is CCCNc1nc(-c2ccccc2OC(F)F)ncc1I. The lowest BCUT2D eigenvalue weighted by Gasteiger charge is -2.11. The van der Waals surface area contributed by atoms with Crippen molar-refractivity contribution in [3.05, 3.63) is 34.0 Å². The van der Waals surface area contributed by atoms with Crippen LogP contribution in [0.3, 0.4) is 0 Å². The summed E-state index contributed by atoms with van der Waals surface area (Å²) in [5, 5.41) is 3.19. The van der Waals surface area contributed by atoms with Crippen LogP contribution in [0, 0.1) is 3.57 Å². The fourth-order valence-corrected chi connectivity index (χ4v) is 2.16. The summed E-state index contributed by atoms with van der Waals surface area (Å²) >= 11 is 2.13. The van der Waals surface area contributed by atoms with Gasteiger partial charge in [-0.25, -0.2) is 9.97 Å². The summed E-state index contributed by atoms with van der Waals surface area (Å²) in [7, 11) is 0. The van der Waals surface area contributed by atoms with Crippen molar-refractivity contribution in [2.45, 2.75) is 20.0 Å². The van der Waals surface area contributed by atoms with E-state index in [9.17, 15) is 8.78 Å². The second-order valence-electron chi connectivity index (χ2n) is 4.19. The smallest absolute Gasteiger partial charge is 0.387 e. The van der Waals surface area contributed by atoms with Crippen LogP contribution in [0.2, 0.25) is 0 Å². The molecular formula is C14H14F2IN3O. The molecule has 0 atom stereocenters. The molecule has 2 rings (SSSR count). The van der Waals surface area contributed by atoms with Crippen molar-refractivity contribution in [3.63, 3.8) is 0 Å². The number of benzene rings is 1. The molecule has 1 N–H and O–H groups in total. The standard InChI is InChI=1S/C14H14F2IN3O/c1-2-7-18-13-10(17)8-19-12(20-13)9-5-3-4-6-11(9)21-14(15)16/h3-6,8,14H,2,7H2,1H3,(H,18,19,20). The molecule has 0 radical (unpaired) electrons. The Balaban J connectivity index is 2.37. The van der Waals surface area contributed by atoms with Gasteiger partial charge in [0.05, 0.1) is 9.13 Å². The highest BCUT2D eigenvalue weighted by Crippen LogP contribution is 2.29. The van der Waals surface area contributed by atoms with E-state index < -0.39 is 6.61 Å². The molecule has 112 valence electrons. The van der Waals surface area contributed by atoms with E-state index in [1.807, 2.05) is 6.92 Å². The van der Waals surface area contributed by atoms with E-state index in [2.05, 4.69) is 42.6 Å². The topological polar surface area (TPSA) is 47.0 Å². The minimum atomic E-state index is -2.88. The zero-order valence-corrected chi connectivity index (χ0v) is 13.5. The van der Waals surface area contributed by atoms with E-state index in [0.29, 0.717) is 17.2 Å². The van der Waals surface area contributed by atoms with Crippen molar-refractivity contribution >= 4 is 28.4 Å². The first-order valence-corrected chi connectivity index (χ1v) is 7.50. The summed E-state index contributed by atoms with van der Waals surface area (Å²) in [5.41, 5.74) is 0.439. The molecule has 0 unspecified atom stereocenters. The van der Waals surface area contributed by atoms with E-state index in [0.717, 1.165) is 16.5 Å². The molecule has 1 aromatic carbocycles. The molecule has 0 aliphatic rings. The van der Waals surface area contributed by atoms with Crippen LogP contribution >= 0.6 is 22.6 Å². The molecule has 1 aromatic heterocycles. The van der Waals surface area contributed by atoms with Gasteiger partial charge in [-0.05, 0) is 41.1 Å². The minimum Gasteiger partial charge on any atom is -0.434 e. The summed E-state index contributed by atoms with van der Waals surface area (Å²) < 4.78 is 30.3. The van der Waals surface area contributed by atoms with Gasteiger partial charge in [-0.3, -0.25) is 0 Å². The van der Waals surface area contributed by atoms with Gasteiger partial charge in [-0.1, -0.05) is 19.1 Å². The normalized spacial score (nSPS) is 10.7. The maximum absolute atomic E-state index is 12.4. The van der Waals surface area contributed by atoms with Gasteiger partial charge in [0.1, 0.15) is 11.6 Å². The van der Waals surface area contributed by atoms with Crippen molar-refractivity contribution in [1.82, 2.24) is 9.97 Å². The molecule has 0 spiro atoms. The van der Waals surface area contributed by atoms with E-state index in [1.165, 1.54) is 6.07 Å². The van der Waals surface area contributed by atoms with Crippen LogP contribution in [-0.4, -0.2) is 23.1 Å². The first-order valence-electron chi connectivity index (χ1n) is 6.42. The molecule has 0 amide bonds. The van der Waals surface area contributed by atoms with Crippen LogP contribution in [0.1, 0.15) is 13.3 Å². The third kappa shape index (κ3) is 4.23. The van der Waals surface area contributed by atoms with Crippen LogP contribution < -0.4 is 10.1 Å². The number of alkyl halides is 2. The summed E-state index contributed by atoms with van der Waals surface area (Å²) in [6.45, 7) is -0.0530. The summed E-state index contributed by atoms with van der Waals surface area (Å²) in [5.74, 6) is 1.11. The maximum atomic E-state index is 12.4. The molecule has 2 aromatic rings. The number of anilines is 1. The van der Waals surface area contributed by atoms with Gasteiger partial charge in [-0.2, -0.15) is 8.78 Å². The molecule has 0 aliphatic carbocycles. The first-order chi connectivity index (χ1) is 10.1. The molecule has 4 nitrogen and oxygen atoms in total. The van der Waals surface area contributed by atoms with E-state index in [-0.39, 0.29) is 5.75 Å². The highest BCUT2D eigenvalue weighted by Gasteiger charge is 2.14. The van der Waals surface area contributed by atoms with Crippen molar-refractivity contribution in [3.8, 4) is 17.1 Å². The average Bonchev–Trinajstić information content (AvgIpc) is 2.46. The van der Waals surface area contributed by atoms with Crippen molar-refractivity contribution in [2.75, 3.05) is 11.9 Å². The molecular weight excluding hydrogens is 391 g/mol.